The standard InChI is InChI=1S/C17H30O6Si/c1-19-11-15-17(21-3)14(20-2)10-13(22-15)12-6-7-16(23-12)24(4,5)9-8-18/h6-7,13-15,17-18H,8-11H2,1-5H3/t13-,14-,15-,17+/m1/s1. The first-order valence-corrected chi connectivity index (χ1v) is 11.6. The van der Waals surface area contributed by atoms with Gasteiger partial charge in [-0.25, -0.2) is 0 Å². The molecule has 2 rings (SSSR count). The summed E-state index contributed by atoms with van der Waals surface area (Å²) in [6, 6.07) is 4.79. The zero-order valence-corrected chi connectivity index (χ0v) is 16.3. The lowest BCUT2D eigenvalue weighted by molar-refractivity contribution is -0.203. The van der Waals surface area contributed by atoms with E-state index in [1.807, 2.05) is 12.1 Å². The minimum Gasteiger partial charge on any atom is -0.468 e. The molecule has 0 saturated carbocycles. The molecule has 1 aliphatic rings. The largest absolute Gasteiger partial charge is 0.468 e. The second kappa shape index (κ2) is 8.60. The summed E-state index contributed by atoms with van der Waals surface area (Å²) in [6.45, 7) is 5.01. The van der Waals surface area contributed by atoms with Crippen LogP contribution < -0.4 is 5.38 Å². The SMILES string of the molecule is COC[C@H]1O[C@@H](c2ccc([Si](C)(C)CCO)o2)C[C@@H](OC)[C@@H]1OC. The van der Waals surface area contributed by atoms with Crippen molar-refractivity contribution in [2.45, 2.75) is 50.0 Å². The fraction of sp³-hybridized carbons (Fsp3) is 0.765. The summed E-state index contributed by atoms with van der Waals surface area (Å²) in [5.74, 6) is 0.807. The summed E-state index contributed by atoms with van der Waals surface area (Å²) in [4.78, 5) is 0. The van der Waals surface area contributed by atoms with E-state index in [9.17, 15) is 5.11 Å². The van der Waals surface area contributed by atoms with Crippen LogP contribution >= 0.6 is 0 Å². The van der Waals surface area contributed by atoms with Crippen LogP contribution in [0, 0.1) is 0 Å². The minimum absolute atomic E-state index is 0.0786. The van der Waals surface area contributed by atoms with Crippen molar-refractivity contribution >= 4 is 13.5 Å². The van der Waals surface area contributed by atoms with E-state index in [0.717, 1.165) is 17.2 Å². The molecule has 24 heavy (non-hydrogen) atoms. The fourth-order valence-corrected chi connectivity index (χ4v) is 4.97. The van der Waals surface area contributed by atoms with E-state index in [4.69, 9.17) is 23.4 Å². The average molecular weight is 359 g/mol. The third kappa shape index (κ3) is 4.28. The number of rotatable bonds is 8. The first kappa shape index (κ1) is 19.6. The van der Waals surface area contributed by atoms with Gasteiger partial charge in [0, 0.05) is 34.4 Å². The van der Waals surface area contributed by atoms with Crippen LogP contribution in [0.25, 0.3) is 0 Å². The normalized spacial score (nSPS) is 28.2. The molecule has 0 spiro atoms. The number of furan rings is 1. The highest BCUT2D eigenvalue weighted by Gasteiger charge is 2.41. The van der Waals surface area contributed by atoms with Crippen LogP contribution in [0.3, 0.4) is 0 Å². The van der Waals surface area contributed by atoms with Crippen molar-refractivity contribution in [3.8, 4) is 0 Å². The maximum atomic E-state index is 9.26. The monoisotopic (exact) mass is 358 g/mol. The Kier molecular flexibility index (Phi) is 7.03. The van der Waals surface area contributed by atoms with E-state index in [-0.39, 0.29) is 31.0 Å². The number of methoxy groups -OCH3 is 3. The van der Waals surface area contributed by atoms with Gasteiger partial charge in [0.2, 0.25) is 0 Å². The van der Waals surface area contributed by atoms with E-state index >= 15 is 0 Å². The average Bonchev–Trinajstić information content (AvgIpc) is 3.05. The summed E-state index contributed by atoms with van der Waals surface area (Å²) in [7, 11) is 3.25. The van der Waals surface area contributed by atoms with E-state index in [2.05, 4.69) is 13.1 Å². The maximum absolute atomic E-state index is 9.26. The Balaban J connectivity index is 2.18. The summed E-state index contributed by atoms with van der Waals surface area (Å²) in [5, 5.41) is 10.2. The van der Waals surface area contributed by atoms with Crippen LogP contribution in [0.2, 0.25) is 19.1 Å². The van der Waals surface area contributed by atoms with Crippen LogP contribution in [0.5, 0.6) is 0 Å². The topological polar surface area (TPSA) is 70.3 Å². The molecule has 1 saturated heterocycles. The summed E-state index contributed by atoms with van der Waals surface area (Å²) >= 11 is 0. The van der Waals surface area contributed by atoms with E-state index in [1.165, 1.54) is 0 Å². The molecular formula is C17H30O6Si. The van der Waals surface area contributed by atoms with Gasteiger partial charge < -0.3 is 28.5 Å². The zero-order valence-electron chi connectivity index (χ0n) is 15.3. The van der Waals surface area contributed by atoms with Crippen LogP contribution in [-0.4, -0.2) is 66.0 Å². The molecule has 138 valence electrons. The van der Waals surface area contributed by atoms with Crippen molar-refractivity contribution in [1.29, 1.82) is 0 Å². The lowest BCUT2D eigenvalue weighted by atomic mass is 9.96. The number of hydrogen-bond acceptors (Lipinski definition) is 6. The molecule has 1 aromatic heterocycles. The van der Waals surface area contributed by atoms with Gasteiger partial charge in [0.15, 0.2) is 0 Å². The van der Waals surface area contributed by atoms with Crippen LogP contribution in [-0.2, 0) is 18.9 Å². The van der Waals surface area contributed by atoms with E-state index in [1.54, 1.807) is 21.3 Å². The Morgan fingerprint density at radius 3 is 2.54 bits per heavy atom. The molecule has 1 N–H and O–H groups in total. The Hall–Kier alpha value is -0.703. The molecular weight excluding hydrogens is 328 g/mol. The van der Waals surface area contributed by atoms with E-state index in [0.29, 0.717) is 13.0 Å². The number of aliphatic hydroxyl groups excluding tert-OH is 1. The molecule has 0 unspecified atom stereocenters. The van der Waals surface area contributed by atoms with Crippen molar-refractivity contribution in [3.63, 3.8) is 0 Å². The molecule has 1 fully saturated rings. The highest BCUT2D eigenvalue weighted by Crippen LogP contribution is 2.34. The Morgan fingerprint density at radius 1 is 1.21 bits per heavy atom. The predicted octanol–water partition coefficient (Wildman–Crippen LogP) is 1.69. The molecule has 0 amide bonds. The third-order valence-electron chi connectivity index (χ3n) is 4.77. The minimum atomic E-state index is -1.75. The van der Waals surface area contributed by atoms with Gasteiger partial charge in [-0.05, 0) is 18.2 Å². The first-order valence-electron chi connectivity index (χ1n) is 8.38. The second-order valence-corrected chi connectivity index (χ2v) is 11.6. The van der Waals surface area contributed by atoms with Crippen LogP contribution in [0.4, 0.5) is 0 Å². The number of ether oxygens (including phenoxy) is 4. The molecule has 0 bridgehead atoms. The first-order chi connectivity index (χ1) is 11.5. The molecule has 1 aliphatic heterocycles. The number of aliphatic hydroxyl groups is 1. The van der Waals surface area contributed by atoms with Gasteiger partial charge in [0.25, 0.3) is 0 Å². The fourth-order valence-electron chi connectivity index (χ4n) is 3.24. The summed E-state index contributed by atoms with van der Waals surface area (Å²) in [6.07, 6.45) is 0.0320. The molecule has 4 atom stereocenters. The van der Waals surface area contributed by atoms with Gasteiger partial charge in [0.1, 0.15) is 32.1 Å². The lowest BCUT2D eigenvalue weighted by Gasteiger charge is -2.39. The Labute approximate surface area is 145 Å². The molecule has 2 heterocycles. The second-order valence-electron chi connectivity index (χ2n) is 6.89. The summed E-state index contributed by atoms with van der Waals surface area (Å²) in [5.41, 5.74) is 0. The van der Waals surface area contributed by atoms with Gasteiger partial charge in [-0.3, -0.25) is 0 Å². The van der Waals surface area contributed by atoms with Crippen LogP contribution in [0.15, 0.2) is 16.5 Å². The summed E-state index contributed by atoms with van der Waals surface area (Å²) < 4.78 is 28.7. The van der Waals surface area contributed by atoms with Crippen LogP contribution in [0.1, 0.15) is 18.3 Å². The highest BCUT2D eigenvalue weighted by molar-refractivity contribution is 6.88. The van der Waals surface area contributed by atoms with Crippen molar-refractivity contribution in [1.82, 2.24) is 0 Å². The molecule has 1 aromatic rings. The number of hydrogen-bond donors (Lipinski definition) is 1. The quantitative estimate of drug-likeness (QED) is 0.713. The van der Waals surface area contributed by atoms with Gasteiger partial charge in [-0.1, -0.05) is 13.1 Å². The predicted molar refractivity (Wildman–Crippen MR) is 93.4 cm³/mol. The van der Waals surface area contributed by atoms with Gasteiger partial charge >= 0.3 is 0 Å². The molecule has 0 aliphatic carbocycles. The van der Waals surface area contributed by atoms with Gasteiger partial charge in [0.05, 0.1) is 18.1 Å². The van der Waals surface area contributed by atoms with Crippen molar-refractivity contribution in [2.24, 2.45) is 0 Å². The Morgan fingerprint density at radius 2 is 1.96 bits per heavy atom. The highest BCUT2D eigenvalue weighted by atomic mass is 28.3. The van der Waals surface area contributed by atoms with Crippen molar-refractivity contribution in [2.75, 3.05) is 34.5 Å². The Bertz CT molecular complexity index is 503. The van der Waals surface area contributed by atoms with Crippen molar-refractivity contribution < 1.29 is 28.5 Å². The zero-order chi connectivity index (χ0) is 17.7. The molecule has 7 heteroatoms. The smallest absolute Gasteiger partial charge is 0.132 e. The molecule has 0 aromatic carbocycles. The van der Waals surface area contributed by atoms with Gasteiger partial charge in [-0.2, -0.15) is 0 Å². The van der Waals surface area contributed by atoms with E-state index < -0.39 is 8.07 Å². The third-order valence-corrected chi connectivity index (χ3v) is 7.85. The maximum Gasteiger partial charge on any atom is 0.132 e. The molecule has 6 nitrogen and oxygen atoms in total. The molecule has 0 radical (unpaired) electrons. The lowest BCUT2D eigenvalue weighted by Crippen LogP contribution is -2.49. The van der Waals surface area contributed by atoms with Crippen molar-refractivity contribution in [3.05, 3.63) is 17.9 Å². The van der Waals surface area contributed by atoms with Gasteiger partial charge in [-0.15, -0.1) is 0 Å².